The van der Waals surface area contributed by atoms with Crippen molar-refractivity contribution in [1.82, 2.24) is 0 Å². The standard InChI is InChI=1S/C10H10BrF2NO2.ClH.H2S/c11-6-1-2-8(13)7(3-6)10(14,5-12)4-9(15)16;;/h1-3H,4-5,14H2,(H,15,16);1H;1H2/t10-;;/m1../s1. The number of carboxylic acid groups (broad SMARTS) is 1. The van der Waals surface area contributed by atoms with Crippen molar-refractivity contribution in [2.75, 3.05) is 6.67 Å². The van der Waals surface area contributed by atoms with Gasteiger partial charge in [-0.25, -0.2) is 8.78 Å². The van der Waals surface area contributed by atoms with Crippen molar-refractivity contribution in [3.63, 3.8) is 0 Å². The maximum Gasteiger partial charge on any atom is 0.305 e. The number of aliphatic carboxylic acids is 1. The van der Waals surface area contributed by atoms with Crippen LogP contribution in [0.25, 0.3) is 0 Å². The van der Waals surface area contributed by atoms with Crippen molar-refractivity contribution in [3.8, 4) is 0 Å². The Morgan fingerprint density at radius 2 is 2.06 bits per heavy atom. The Bertz CT molecular complexity index is 425. The van der Waals surface area contributed by atoms with Gasteiger partial charge in [-0.1, -0.05) is 15.9 Å². The minimum Gasteiger partial charge on any atom is -0.481 e. The van der Waals surface area contributed by atoms with Crippen LogP contribution in [0.1, 0.15) is 12.0 Å². The summed E-state index contributed by atoms with van der Waals surface area (Å²) < 4.78 is 26.8. The largest absolute Gasteiger partial charge is 0.481 e. The van der Waals surface area contributed by atoms with Crippen LogP contribution in [0.5, 0.6) is 0 Å². The Morgan fingerprint density at radius 1 is 1.50 bits per heavy atom. The summed E-state index contributed by atoms with van der Waals surface area (Å²) in [5, 5.41) is 8.62. The molecule has 0 heterocycles. The highest BCUT2D eigenvalue weighted by atomic mass is 79.9. The summed E-state index contributed by atoms with van der Waals surface area (Å²) >= 11 is 3.09. The van der Waals surface area contributed by atoms with Gasteiger partial charge in [-0.2, -0.15) is 13.5 Å². The lowest BCUT2D eigenvalue weighted by Crippen LogP contribution is -2.42. The first kappa shape index (κ1) is 20.0. The van der Waals surface area contributed by atoms with E-state index in [0.717, 1.165) is 6.07 Å². The van der Waals surface area contributed by atoms with E-state index in [1.54, 1.807) is 0 Å². The fourth-order valence-electron chi connectivity index (χ4n) is 1.36. The van der Waals surface area contributed by atoms with Gasteiger partial charge in [0.2, 0.25) is 0 Å². The van der Waals surface area contributed by atoms with E-state index in [0.29, 0.717) is 4.47 Å². The van der Waals surface area contributed by atoms with Crippen molar-refractivity contribution in [2.24, 2.45) is 5.73 Å². The second-order valence-electron chi connectivity index (χ2n) is 3.48. The van der Waals surface area contributed by atoms with Crippen LogP contribution in [0.4, 0.5) is 8.78 Å². The molecule has 0 spiro atoms. The predicted molar refractivity (Wildman–Crippen MR) is 75.8 cm³/mol. The molecule has 1 aromatic rings. The fourth-order valence-corrected chi connectivity index (χ4v) is 1.72. The molecule has 3 nitrogen and oxygen atoms in total. The van der Waals surface area contributed by atoms with Gasteiger partial charge < -0.3 is 10.8 Å². The third-order valence-corrected chi connectivity index (χ3v) is 2.66. The summed E-state index contributed by atoms with van der Waals surface area (Å²) in [5.41, 5.74) is 3.59. The summed E-state index contributed by atoms with van der Waals surface area (Å²) in [6, 6.07) is 3.83. The lowest BCUT2D eigenvalue weighted by Gasteiger charge is -2.25. The quantitative estimate of drug-likeness (QED) is 0.863. The maximum atomic E-state index is 13.4. The smallest absolute Gasteiger partial charge is 0.305 e. The van der Waals surface area contributed by atoms with Crippen LogP contribution < -0.4 is 5.73 Å². The molecule has 104 valence electrons. The van der Waals surface area contributed by atoms with E-state index in [1.807, 2.05) is 0 Å². The molecule has 0 aliphatic rings. The number of rotatable bonds is 4. The fraction of sp³-hybridized carbons (Fsp3) is 0.300. The highest BCUT2D eigenvalue weighted by Crippen LogP contribution is 2.28. The van der Waals surface area contributed by atoms with Gasteiger partial charge in [0.15, 0.2) is 0 Å². The Morgan fingerprint density at radius 3 is 2.50 bits per heavy atom. The summed E-state index contributed by atoms with van der Waals surface area (Å²) in [6.07, 6.45) is -0.670. The lowest BCUT2D eigenvalue weighted by atomic mass is 9.88. The summed E-state index contributed by atoms with van der Waals surface area (Å²) in [7, 11) is 0. The third kappa shape index (κ3) is 4.72. The molecule has 0 radical (unpaired) electrons. The van der Waals surface area contributed by atoms with Crippen molar-refractivity contribution in [1.29, 1.82) is 0 Å². The molecule has 0 saturated carbocycles. The van der Waals surface area contributed by atoms with Crippen LogP contribution in [0.3, 0.4) is 0 Å². The topological polar surface area (TPSA) is 63.3 Å². The highest BCUT2D eigenvalue weighted by Gasteiger charge is 2.33. The average Bonchev–Trinajstić information content (AvgIpc) is 2.20. The number of benzene rings is 1. The Kier molecular flexibility index (Phi) is 8.80. The van der Waals surface area contributed by atoms with Crippen LogP contribution in [0.2, 0.25) is 0 Å². The van der Waals surface area contributed by atoms with Crippen LogP contribution in [0, 0.1) is 5.82 Å². The Labute approximate surface area is 125 Å². The molecule has 18 heavy (non-hydrogen) atoms. The van der Waals surface area contributed by atoms with Crippen LogP contribution in [-0.2, 0) is 10.3 Å². The minimum absolute atomic E-state index is 0. The zero-order chi connectivity index (χ0) is 12.3. The first-order chi connectivity index (χ1) is 7.39. The third-order valence-electron chi connectivity index (χ3n) is 2.17. The highest BCUT2D eigenvalue weighted by molar-refractivity contribution is 9.10. The lowest BCUT2D eigenvalue weighted by molar-refractivity contribution is -0.138. The van der Waals surface area contributed by atoms with Gasteiger partial charge >= 0.3 is 5.97 Å². The van der Waals surface area contributed by atoms with Crippen LogP contribution in [0.15, 0.2) is 22.7 Å². The van der Waals surface area contributed by atoms with Gasteiger partial charge in [0.1, 0.15) is 12.5 Å². The van der Waals surface area contributed by atoms with Gasteiger partial charge in [-0.3, -0.25) is 4.79 Å². The predicted octanol–water partition coefficient (Wildman–Crippen LogP) is 2.72. The molecule has 0 aliphatic heterocycles. The van der Waals surface area contributed by atoms with Gasteiger partial charge in [0.05, 0.1) is 12.0 Å². The van der Waals surface area contributed by atoms with E-state index in [-0.39, 0.29) is 31.5 Å². The normalized spacial score (nSPS) is 12.9. The monoisotopic (exact) mass is 363 g/mol. The van der Waals surface area contributed by atoms with E-state index in [9.17, 15) is 13.6 Å². The zero-order valence-electron chi connectivity index (χ0n) is 9.12. The number of carboxylic acids is 1. The van der Waals surface area contributed by atoms with E-state index in [4.69, 9.17) is 10.8 Å². The molecule has 0 fully saturated rings. The molecule has 3 N–H and O–H groups in total. The number of halogens is 4. The van der Waals surface area contributed by atoms with Crippen molar-refractivity contribution in [3.05, 3.63) is 34.1 Å². The second kappa shape index (κ2) is 7.93. The molecule has 0 bridgehead atoms. The molecular formula is C10H13BrClF2NO2S. The Hall–Kier alpha value is -0.370. The number of alkyl halides is 1. The molecule has 0 saturated heterocycles. The van der Waals surface area contributed by atoms with Gasteiger partial charge in [0, 0.05) is 10.0 Å². The number of hydrogen-bond donors (Lipinski definition) is 2. The van der Waals surface area contributed by atoms with Gasteiger partial charge in [0.25, 0.3) is 0 Å². The molecule has 0 aliphatic carbocycles. The van der Waals surface area contributed by atoms with Crippen molar-refractivity contribution >= 4 is 47.8 Å². The summed E-state index contributed by atoms with van der Waals surface area (Å²) in [5.74, 6) is -2.00. The molecule has 0 amide bonds. The number of hydrogen-bond acceptors (Lipinski definition) is 2. The van der Waals surface area contributed by atoms with Crippen LogP contribution in [-0.4, -0.2) is 17.8 Å². The molecule has 8 heteroatoms. The first-order valence-electron chi connectivity index (χ1n) is 4.41. The zero-order valence-corrected chi connectivity index (χ0v) is 12.5. The SMILES string of the molecule is Cl.N[C@@](CF)(CC(=O)O)c1cc(Br)ccc1F.S. The summed E-state index contributed by atoms with van der Waals surface area (Å²) in [6.45, 7) is -1.15. The molecular weight excluding hydrogens is 352 g/mol. The van der Waals surface area contributed by atoms with Gasteiger partial charge in [-0.05, 0) is 18.2 Å². The van der Waals surface area contributed by atoms with Gasteiger partial charge in [-0.15, -0.1) is 12.4 Å². The average molecular weight is 365 g/mol. The number of nitrogens with two attached hydrogens (primary N) is 1. The minimum atomic E-state index is -1.83. The van der Waals surface area contributed by atoms with Crippen molar-refractivity contribution in [2.45, 2.75) is 12.0 Å². The molecule has 0 aromatic heterocycles. The first-order valence-corrected chi connectivity index (χ1v) is 5.20. The molecule has 1 atom stereocenters. The van der Waals surface area contributed by atoms with Crippen molar-refractivity contribution < 1.29 is 18.7 Å². The molecule has 1 aromatic carbocycles. The van der Waals surface area contributed by atoms with E-state index < -0.39 is 30.4 Å². The number of carbonyl (C=O) groups is 1. The van der Waals surface area contributed by atoms with E-state index in [2.05, 4.69) is 15.9 Å². The molecule has 0 unspecified atom stereocenters. The van der Waals surface area contributed by atoms with Crippen LogP contribution >= 0.6 is 41.8 Å². The maximum absolute atomic E-state index is 13.4. The second-order valence-corrected chi connectivity index (χ2v) is 4.40. The van der Waals surface area contributed by atoms with E-state index >= 15 is 0 Å². The summed E-state index contributed by atoms with van der Waals surface area (Å²) in [4.78, 5) is 10.6. The Balaban J connectivity index is 0. The van der Waals surface area contributed by atoms with E-state index in [1.165, 1.54) is 12.1 Å². The molecule has 1 rings (SSSR count).